The Morgan fingerprint density at radius 2 is 2.23 bits per heavy atom. The minimum absolute atomic E-state index is 0.215. The van der Waals surface area contributed by atoms with Gasteiger partial charge in [0.05, 0.1) is 11.6 Å². The van der Waals surface area contributed by atoms with Crippen LogP contribution >= 0.6 is 0 Å². The SMILES string of the molecule is N#Cc1ccccc1CNS(=O)O. The molecule has 1 rings (SSSR count). The van der Waals surface area contributed by atoms with Crippen molar-refractivity contribution in [3.63, 3.8) is 0 Å². The smallest absolute Gasteiger partial charge is 0.232 e. The van der Waals surface area contributed by atoms with E-state index in [4.69, 9.17) is 9.81 Å². The molecule has 0 bridgehead atoms. The zero-order valence-corrected chi connectivity index (χ0v) is 7.54. The number of hydrogen-bond acceptors (Lipinski definition) is 2. The summed E-state index contributed by atoms with van der Waals surface area (Å²) >= 11 is -2.04. The zero-order valence-electron chi connectivity index (χ0n) is 6.73. The summed E-state index contributed by atoms with van der Waals surface area (Å²) in [5.74, 6) is 0. The largest absolute Gasteiger partial charge is 0.294 e. The Morgan fingerprint density at radius 1 is 1.54 bits per heavy atom. The topological polar surface area (TPSA) is 73.1 Å². The first-order valence-corrected chi connectivity index (χ1v) is 4.67. The van der Waals surface area contributed by atoms with Crippen LogP contribution in [0, 0.1) is 11.3 Å². The minimum Gasteiger partial charge on any atom is -0.294 e. The third-order valence-corrected chi connectivity index (χ3v) is 1.92. The van der Waals surface area contributed by atoms with Gasteiger partial charge in [-0.25, -0.2) is 8.93 Å². The Morgan fingerprint density at radius 3 is 2.85 bits per heavy atom. The zero-order chi connectivity index (χ0) is 9.68. The second kappa shape index (κ2) is 4.72. The normalized spacial score (nSPS) is 12.0. The lowest BCUT2D eigenvalue weighted by Gasteiger charge is -2.01. The van der Waals surface area contributed by atoms with Crippen LogP contribution in [-0.2, 0) is 17.8 Å². The lowest BCUT2D eigenvalue weighted by Crippen LogP contribution is -2.15. The van der Waals surface area contributed by atoms with Gasteiger partial charge >= 0.3 is 0 Å². The number of nitrogens with one attached hydrogen (secondary N) is 1. The fraction of sp³-hybridized carbons (Fsp3) is 0.125. The summed E-state index contributed by atoms with van der Waals surface area (Å²) in [6.45, 7) is 0.215. The van der Waals surface area contributed by atoms with Crippen LogP contribution in [0.3, 0.4) is 0 Å². The van der Waals surface area contributed by atoms with E-state index >= 15 is 0 Å². The number of benzene rings is 1. The molecule has 0 aliphatic carbocycles. The number of nitriles is 1. The molecule has 0 saturated carbocycles. The van der Waals surface area contributed by atoms with Gasteiger partial charge in [0, 0.05) is 6.54 Å². The summed E-state index contributed by atoms with van der Waals surface area (Å²) in [5.41, 5.74) is 1.23. The van der Waals surface area contributed by atoms with Crippen molar-refractivity contribution in [2.24, 2.45) is 0 Å². The van der Waals surface area contributed by atoms with Gasteiger partial charge in [0.1, 0.15) is 0 Å². The highest BCUT2D eigenvalue weighted by molar-refractivity contribution is 7.77. The molecular formula is C8H8N2O2S. The van der Waals surface area contributed by atoms with E-state index in [0.717, 1.165) is 0 Å². The number of rotatable bonds is 3. The lowest BCUT2D eigenvalue weighted by molar-refractivity contribution is 0.548. The molecule has 4 nitrogen and oxygen atoms in total. The van der Waals surface area contributed by atoms with E-state index in [-0.39, 0.29) is 6.54 Å². The Bertz CT molecular complexity index is 359. The van der Waals surface area contributed by atoms with Crippen LogP contribution < -0.4 is 4.72 Å². The van der Waals surface area contributed by atoms with Gasteiger partial charge in [-0.15, -0.1) is 0 Å². The number of nitrogens with zero attached hydrogens (tertiary/aromatic N) is 1. The molecule has 0 aromatic heterocycles. The van der Waals surface area contributed by atoms with Crippen molar-refractivity contribution in [3.05, 3.63) is 35.4 Å². The van der Waals surface area contributed by atoms with Crippen LogP contribution in [0.4, 0.5) is 0 Å². The highest BCUT2D eigenvalue weighted by Gasteiger charge is 2.00. The second-order valence-electron chi connectivity index (χ2n) is 2.34. The van der Waals surface area contributed by atoms with E-state index in [1.165, 1.54) is 0 Å². The van der Waals surface area contributed by atoms with Crippen LogP contribution in [0.1, 0.15) is 11.1 Å². The Balaban J connectivity index is 2.77. The van der Waals surface area contributed by atoms with Crippen LogP contribution in [-0.4, -0.2) is 8.76 Å². The van der Waals surface area contributed by atoms with Gasteiger partial charge in [0.2, 0.25) is 11.3 Å². The lowest BCUT2D eigenvalue weighted by atomic mass is 10.1. The van der Waals surface area contributed by atoms with Gasteiger partial charge in [0.15, 0.2) is 0 Å². The molecule has 5 heteroatoms. The van der Waals surface area contributed by atoms with E-state index in [1.54, 1.807) is 24.3 Å². The van der Waals surface area contributed by atoms with Gasteiger partial charge in [-0.3, -0.25) is 4.55 Å². The fourth-order valence-electron chi connectivity index (χ4n) is 0.923. The van der Waals surface area contributed by atoms with Gasteiger partial charge in [0.25, 0.3) is 0 Å². The molecule has 1 aromatic carbocycles. The summed E-state index contributed by atoms with van der Waals surface area (Å²) in [7, 11) is 0. The van der Waals surface area contributed by atoms with Crippen molar-refractivity contribution < 1.29 is 8.76 Å². The highest BCUT2D eigenvalue weighted by atomic mass is 32.2. The maximum Gasteiger partial charge on any atom is 0.232 e. The van der Waals surface area contributed by atoms with E-state index in [2.05, 4.69) is 4.72 Å². The molecule has 68 valence electrons. The van der Waals surface area contributed by atoms with Gasteiger partial charge in [-0.05, 0) is 11.6 Å². The first kappa shape index (κ1) is 9.86. The molecule has 0 heterocycles. The second-order valence-corrected chi connectivity index (χ2v) is 3.13. The molecule has 0 aliphatic heterocycles. The Hall–Kier alpha value is -1.22. The Kier molecular flexibility index (Phi) is 3.58. The molecule has 0 radical (unpaired) electrons. The quantitative estimate of drug-likeness (QED) is 0.702. The molecular weight excluding hydrogens is 188 g/mol. The molecule has 0 saturated heterocycles. The molecule has 13 heavy (non-hydrogen) atoms. The van der Waals surface area contributed by atoms with E-state index < -0.39 is 11.3 Å². The van der Waals surface area contributed by atoms with Crippen molar-refractivity contribution >= 4 is 11.3 Å². The first-order chi connectivity index (χ1) is 6.24. The third kappa shape index (κ3) is 2.95. The predicted octanol–water partition coefficient (Wildman–Crippen LogP) is 0.785. The fourth-order valence-corrected chi connectivity index (χ4v) is 1.20. The van der Waals surface area contributed by atoms with Crippen LogP contribution in [0.5, 0.6) is 0 Å². The van der Waals surface area contributed by atoms with Crippen molar-refractivity contribution in [3.8, 4) is 6.07 Å². The van der Waals surface area contributed by atoms with Crippen molar-refractivity contribution in [1.82, 2.24) is 4.72 Å². The number of hydrogen-bond donors (Lipinski definition) is 2. The van der Waals surface area contributed by atoms with Gasteiger partial charge in [-0.2, -0.15) is 5.26 Å². The monoisotopic (exact) mass is 196 g/mol. The van der Waals surface area contributed by atoms with E-state index in [9.17, 15) is 4.21 Å². The van der Waals surface area contributed by atoms with E-state index in [1.807, 2.05) is 6.07 Å². The van der Waals surface area contributed by atoms with E-state index in [0.29, 0.717) is 11.1 Å². The molecule has 0 fully saturated rings. The molecule has 0 aliphatic rings. The maximum absolute atomic E-state index is 10.3. The summed E-state index contributed by atoms with van der Waals surface area (Å²) in [6.07, 6.45) is 0. The molecule has 1 aromatic rings. The van der Waals surface area contributed by atoms with Gasteiger partial charge in [-0.1, -0.05) is 18.2 Å². The third-order valence-electron chi connectivity index (χ3n) is 1.52. The Labute approximate surface area is 78.6 Å². The highest BCUT2D eigenvalue weighted by Crippen LogP contribution is 2.06. The van der Waals surface area contributed by atoms with Gasteiger partial charge < -0.3 is 0 Å². The molecule has 0 spiro atoms. The summed E-state index contributed by atoms with van der Waals surface area (Å²) in [5, 5.41) is 8.67. The van der Waals surface area contributed by atoms with Crippen molar-refractivity contribution in [2.45, 2.75) is 6.54 Å². The average molecular weight is 196 g/mol. The standard InChI is InChI=1S/C8H8N2O2S/c9-5-7-3-1-2-4-8(7)6-10-13(11)12/h1-4,10H,6H2,(H,11,12). The summed E-state index contributed by atoms with van der Waals surface area (Å²) < 4.78 is 21.1. The average Bonchev–Trinajstić information content (AvgIpc) is 2.15. The minimum atomic E-state index is -2.04. The van der Waals surface area contributed by atoms with Crippen molar-refractivity contribution in [2.75, 3.05) is 0 Å². The predicted molar refractivity (Wildman–Crippen MR) is 48.8 cm³/mol. The summed E-state index contributed by atoms with van der Waals surface area (Å²) in [4.78, 5) is 0. The summed E-state index contributed by atoms with van der Waals surface area (Å²) in [6, 6.07) is 8.92. The maximum atomic E-state index is 10.3. The molecule has 1 atom stereocenters. The molecule has 0 amide bonds. The molecule has 1 unspecified atom stereocenters. The van der Waals surface area contributed by atoms with Crippen LogP contribution in [0.15, 0.2) is 24.3 Å². The van der Waals surface area contributed by atoms with Crippen LogP contribution in [0.25, 0.3) is 0 Å². The van der Waals surface area contributed by atoms with Crippen LogP contribution in [0.2, 0.25) is 0 Å². The van der Waals surface area contributed by atoms with Crippen molar-refractivity contribution in [1.29, 1.82) is 5.26 Å². The first-order valence-electron chi connectivity index (χ1n) is 3.56. The molecule has 2 N–H and O–H groups in total.